The highest BCUT2D eigenvalue weighted by molar-refractivity contribution is 5.56. The fourth-order valence-electron chi connectivity index (χ4n) is 1.62. The number of hydrogen-bond acceptors (Lipinski definition) is 4. The number of anilines is 1. The summed E-state index contributed by atoms with van der Waals surface area (Å²) in [6, 6.07) is 4.10. The molecule has 0 heterocycles. The first-order valence-electron chi connectivity index (χ1n) is 6.54. The zero-order chi connectivity index (χ0) is 15.9. The molecule has 1 rings (SSSR count). The number of nitrogens with zero attached hydrogens (tertiary/aromatic N) is 1. The Morgan fingerprint density at radius 1 is 1.33 bits per heavy atom. The van der Waals surface area contributed by atoms with E-state index in [0.717, 1.165) is 6.42 Å². The lowest BCUT2D eigenvalue weighted by atomic mass is 10.2. The Hall–Kier alpha value is -1.99. The summed E-state index contributed by atoms with van der Waals surface area (Å²) in [6.45, 7) is 2.39. The third kappa shape index (κ3) is 6.82. The molecule has 0 aliphatic carbocycles. The Kier molecular flexibility index (Phi) is 6.26. The number of rotatable bonds is 8. The Bertz CT molecular complexity index is 478. The molecule has 1 N–H and O–H groups in total. The minimum absolute atomic E-state index is 0.0773. The number of nitrogens with one attached hydrogen (secondary N) is 1. The van der Waals surface area contributed by atoms with Crippen molar-refractivity contribution in [3.05, 3.63) is 28.3 Å². The quantitative estimate of drug-likeness (QED) is 0.445. The average Bonchev–Trinajstić information content (AvgIpc) is 2.40. The van der Waals surface area contributed by atoms with Crippen LogP contribution in [0, 0.1) is 10.1 Å². The minimum atomic E-state index is -4.19. The summed E-state index contributed by atoms with van der Waals surface area (Å²) in [5, 5.41) is 13.6. The summed E-state index contributed by atoms with van der Waals surface area (Å²) >= 11 is 0. The molecule has 0 bridgehead atoms. The molecule has 1 aromatic rings. The van der Waals surface area contributed by atoms with Gasteiger partial charge in [-0.3, -0.25) is 10.1 Å². The van der Waals surface area contributed by atoms with Crippen LogP contribution in [0.15, 0.2) is 18.2 Å². The van der Waals surface area contributed by atoms with E-state index >= 15 is 0 Å². The third-order valence-corrected chi connectivity index (χ3v) is 2.54. The summed E-state index contributed by atoms with van der Waals surface area (Å²) in [7, 11) is 0. The number of benzene rings is 1. The van der Waals surface area contributed by atoms with Crippen molar-refractivity contribution >= 4 is 11.4 Å². The fourth-order valence-corrected chi connectivity index (χ4v) is 1.62. The van der Waals surface area contributed by atoms with Crippen LogP contribution in [0.4, 0.5) is 24.5 Å². The van der Waals surface area contributed by atoms with E-state index in [4.69, 9.17) is 4.74 Å². The molecule has 0 spiro atoms. The first kappa shape index (κ1) is 17.1. The maximum absolute atomic E-state index is 12.0. The van der Waals surface area contributed by atoms with Crippen molar-refractivity contribution in [2.45, 2.75) is 32.4 Å². The van der Waals surface area contributed by atoms with Crippen molar-refractivity contribution in [2.24, 2.45) is 0 Å². The molecule has 0 aliphatic heterocycles. The van der Waals surface area contributed by atoms with E-state index in [2.05, 4.69) is 5.32 Å². The normalized spacial score (nSPS) is 11.2. The van der Waals surface area contributed by atoms with Crippen LogP contribution in [0.3, 0.4) is 0 Å². The molecule has 1 aromatic carbocycles. The molecular weight excluding hydrogens is 289 g/mol. The Morgan fingerprint density at radius 3 is 2.62 bits per heavy atom. The van der Waals surface area contributed by atoms with Gasteiger partial charge in [-0.1, -0.05) is 6.92 Å². The van der Waals surface area contributed by atoms with Gasteiger partial charge >= 0.3 is 6.18 Å². The van der Waals surface area contributed by atoms with Crippen molar-refractivity contribution in [1.82, 2.24) is 0 Å². The fraction of sp³-hybridized carbons (Fsp3) is 0.538. The highest BCUT2D eigenvalue weighted by Gasteiger charge is 2.25. The van der Waals surface area contributed by atoms with Gasteiger partial charge in [0.05, 0.1) is 17.6 Å². The first-order chi connectivity index (χ1) is 9.81. The zero-order valence-corrected chi connectivity index (χ0v) is 11.6. The maximum Gasteiger partial charge on any atom is 0.389 e. The molecule has 0 radical (unpaired) electrons. The number of nitro benzene ring substituents is 1. The van der Waals surface area contributed by atoms with Crippen LogP contribution >= 0.6 is 0 Å². The number of hydrogen-bond donors (Lipinski definition) is 1. The van der Waals surface area contributed by atoms with Gasteiger partial charge in [0, 0.05) is 30.8 Å². The predicted molar refractivity (Wildman–Crippen MR) is 72.7 cm³/mol. The number of ether oxygens (including phenoxy) is 1. The molecule has 5 nitrogen and oxygen atoms in total. The van der Waals surface area contributed by atoms with E-state index in [-0.39, 0.29) is 18.7 Å². The smallest absolute Gasteiger partial charge is 0.389 e. The lowest BCUT2D eigenvalue weighted by Crippen LogP contribution is -2.11. The lowest BCUT2D eigenvalue weighted by molar-refractivity contribution is -0.384. The lowest BCUT2D eigenvalue weighted by Gasteiger charge is -2.10. The average molecular weight is 306 g/mol. The van der Waals surface area contributed by atoms with Crippen molar-refractivity contribution in [2.75, 3.05) is 18.5 Å². The summed E-state index contributed by atoms with van der Waals surface area (Å²) in [6.07, 6.45) is -4.44. The Morgan fingerprint density at radius 2 is 2.05 bits per heavy atom. The van der Waals surface area contributed by atoms with Gasteiger partial charge in [0.2, 0.25) is 0 Å². The van der Waals surface area contributed by atoms with Crippen LogP contribution < -0.4 is 10.1 Å². The van der Waals surface area contributed by atoms with Crippen LogP contribution in [0.1, 0.15) is 26.2 Å². The Labute approximate surface area is 120 Å². The monoisotopic (exact) mass is 306 g/mol. The van der Waals surface area contributed by atoms with Gasteiger partial charge in [-0.2, -0.15) is 13.2 Å². The van der Waals surface area contributed by atoms with Crippen LogP contribution in [-0.4, -0.2) is 24.3 Å². The summed E-state index contributed by atoms with van der Waals surface area (Å²) in [4.78, 5) is 10.2. The second-order valence-electron chi connectivity index (χ2n) is 4.47. The van der Waals surface area contributed by atoms with Gasteiger partial charge in [-0.15, -0.1) is 0 Å². The van der Waals surface area contributed by atoms with Gasteiger partial charge in [-0.05, 0) is 12.8 Å². The van der Waals surface area contributed by atoms with Crippen LogP contribution in [0.5, 0.6) is 5.75 Å². The zero-order valence-electron chi connectivity index (χ0n) is 11.6. The van der Waals surface area contributed by atoms with Crippen molar-refractivity contribution in [1.29, 1.82) is 0 Å². The van der Waals surface area contributed by atoms with E-state index in [1.54, 1.807) is 0 Å². The van der Waals surface area contributed by atoms with Crippen molar-refractivity contribution in [3.63, 3.8) is 0 Å². The van der Waals surface area contributed by atoms with Crippen molar-refractivity contribution in [3.8, 4) is 5.75 Å². The molecule has 0 fully saturated rings. The Balaban J connectivity index is 2.67. The number of nitro groups is 1. The van der Waals surface area contributed by atoms with E-state index in [0.29, 0.717) is 18.0 Å². The summed E-state index contributed by atoms with van der Waals surface area (Å²) in [5.41, 5.74) is 0.208. The van der Waals surface area contributed by atoms with Gasteiger partial charge in [0.1, 0.15) is 5.75 Å². The van der Waals surface area contributed by atoms with E-state index in [1.165, 1.54) is 18.2 Å². The maximum atomic E-state index is 12.0. The molecule has 8 heteroatoms. The minimum Gasteiger partial charge on any atom is -0.493 e. The standard InChI is InChI=1S/C13H17F3N2O3/c1-2-6-21-12-8-10(7-11(9-12)18(19)20)17-5-3-4-13(14,15)16/h7-9,17H,2-6H2,1H3. The van der Waals surface area contributed by atoms with E-state index < -0.39 is 17.5 Å². The van der Waals surface area contributed by atoms with Gasteiger partial charge < -0.3 is 10.1 Å². The molecule has 0 aromatic heterocycles. The number of halogens is 3. The third-order valence-electron chi connectivity index (χ3n) is 2.54. The van der Waals surface area contributed by atoms with E-state index in [1.807, 2.05) is 6.92 Å². The summed E-state index contributed by atoms with van der Waals surface area (Å²) in [5.74, 6) is 0.323. The van der Waals surface area contributed by atoms with Crippen LogP contribution in [-0.2, 0) is 0 Å². The molecule has 0 unspecified atom stereocenters. The second kappa shape index (κ2) is 7.70. The molecule has 0 amide bonds. The van der Waals surface area contributed by atoms with Gasteiger partial charge in [0.15, 0.2) is 0 Å². The second-order valence-corrected chi connectivity index (χ2v) is 4.47. The molecule has 0 saturated heterocycles. The number of alkyl halides is 3. The molecule has 0 saturated carbocycles. The first-order valence-corrected chi connectivity index (χ1v) is 6.54. The van der Waals surface area contributed by atoms with Crippen LogP contribution in [0.2, 0.25) is 0 Å². The van der Waals surface area contributed by atoms with Gasteiger partial charge in [0.25, 0.3) is 5.69 Å². The molecular formula is C13H17F3N2O3. The van der Waals surface area contributed by atoms with Crippen LogP contribution in [0.25, 0.3) is 0 Å². The topological polar surface area (TPSA) is 64.4 Å². The molecule has 0 aliphatic rings. The molecule has 0 atom stereocenters. The molecule has 21 heavy (non-hydrogen) atoms. The summed E-state index contributed by atoms with van der Waals surface area (Å²) < 4.78 is 41.4. The molecule has 118 valence electrons. The highest BCUT2D eigenvalue weighted by atomic mass is 19.4. The van der Waals surface area contributed by atoms with Crippen molar-refractivity contribution < 1.29 is 22.8 Å². The SMILES string of the molecule is CCCOc1cc(NCCCC(F)(F)F)cc([N+](=O)[O-])c1. The number of non-ortho nitro benzene ring substituents is 1. The predicted octanol–water partition coefficient (Wildman–Crippen LogP) is 4.14. The highest BCUT2D eigenvalue weighted by Crippen LogP contribution is 2.27. The van der Waals surface area contributed by atoms with E-state index in [9.17, 15) is 23.3 Å². The van der Waals surface area contributed by atoms with Gasteiger partial charge in [-0.25, -0.2) is 0 Å². The largest absolute Gasteiger partial charge is 0.493 e.